The maximum Gasteiger partial charge on any atom is 0.416 e. The molecule has 174 valence electrons. The molecule has 3 aromatic rings. The standard InChI is InChI=1S/C23H25F3N6O/c24-23(25,26)21-7-5-19(6-8-21)14-30-9-11-31(12-10-30)22(33)28-13-18-1-3-20(4-2-18)15-32-17-27-16-29-32/h1-8,16-17H,9-15H2,(H,28,33). The molecule has 0 aliphatic carbocycles. The van der Waals surface area contributed by atoms with Gasteiger partial charge in [-0.3, -0.25) is 4.90 Å². The summed E-state index contributed by atoms with van der Waals surface area (Å²) in [5.41, 5.74) is 2.29. The first-order valence-corrected chi connectivity index (χ1v) is 10.7. The maximum absolute atomic E-state index is 12.7. The highest BCUT2D eigenvalue weighted by Gasteiger charge is 2.30. The lowest BCUT2D eigenvalue weighted by atomic mass is 10.1. The zero-order chi connectivity index (χ0) is 23.3. The second kappa shape index (κ2) is 10.0. The fraction of sp³-hybridized carbons (Fsp3) is 0.348. The van der Waals surface area contributed by atoms with Gasteiger partial charge in [-0.15, -0.1) is 0 Å². The monoisotopic (exact) mass is 458 g/mol. The zero-order valence-electron chi connectivity index (χ0n) is 18.0. The lowest BCUT2D eigenvalue weighted by Gasteiger charge is -2.34. The molecule has 0 unspecified atom stereocenters. The minimum absolute atomic E-state index is 0.115. The number of nitrogens with zero attached hydrogens (tertiary/aromatic N) is 5. The number of halogens is 3. The molecule has 10 heteroatoms. The summed E-state index contributed by atoms with van der Waals surface area (Å²) >= 11 is 0. The van der Waals surface area contributed by atoms with Gasteiger partial charge in [-0.1, -0.05) is 36.4 Å². The van der Waals surface area contributed by atoms with Gasteiger partial charge in [-0.25, -0.2) is 14.5 Å². The molecule has 0 bridgehead atoms. The van der Waals surface area contributed by atoms with Crippen LogP contribution >= 0.6 is 0 Å². The number of nitrogens with one attached hydrogen (secondary N) is 1. The smallest absolute Gasteiger partial charge is 0.334 e. The number of hydrogen-bond acceptors (Lipinski definition) is 4. The molecule has 7 nitrogen and oxygen atoms in total. The van der Waals surface area contributed by atoms with Crippen molar-refractivity contribution in [1.29, 1.82) is 0 Å². The van der Waals surface area contributed by atoms with Crippen LogP contribution in [0.3, 0.4) is 0 Å². The molecule has 2 aromatic carbocycles. The molecule has 1 fully saturated rings. The number of aromatic nitrogens is 3. The van der Waals surface area contributed by atoms with Crippen LogP contribution in [0.1, 0.15) is 22.3 Å². The van der Waals surface area contributed by atoms with E-state index in [4.69, 9.17) is 0 Å². The highest BCUT2D eigenvalue weighted by atomic mass is 19.4. The molecule has 0 saturated carbocycles. The summed E-state index contributed by atoms with van der Waals surface area (Å²) in [6, 6.07) is 13.1. The molecule has 1 aliphatic heterocycles. The molecule has 4 rings (SSSR count). The molecule has 0 radical (unpaired) electrons. The number of hydrogen-bond donors (Lipinski definition) is 1. The minimum Gasteiger partial charge on any atom is -0.334 e. The van der Waals surface area contributed by atoms with E-state index >= 15 is 0 Å². The van der Waals surface area contributed by atoms with E-state index in [1.807, 2.05) is 24.3 Å². The van der Waals surface area contributed by atoms with E-state index in [1.165, 1.54) is 18.5 Å². The largest absolute Gasteiger partial charge is 0.416 e. The van der Waals surface area contributed by atoms with Crippen LogP contribution in [0.5, 0.6) is 0 Å². The summed E-state index contributed by atoms with van der Waals surface area (Å²) in [6.07, 6.45) is -1.16. The number of alkyl halides is 3. The Labute approximate surface area is 189 Å². The second-order valence-electron chi connectivity index (χ2n) is 8.03. The first kappa shape index (κ1) is 22.8. The van der Waals surface area contributed by atoms with Gasteiger partial charge in [-0.2, -0.15) is 18.3 Å². The molecule has 1 aliphatic rings. The molecular formula is C23H25F3N6O. The highest BCUT2D eigenvalue weighted by Crippen LogP contribution is 2.29. The first-order valence-electron chi connectivity index (χ1n) is 10.7. The van der Waals surface area contributed by atoms with Crippen LogP contribution in [-0.2, 0) is 25.8 Å². The Bertz CT molecular complexity index is 1030. The Morgan fingerprint density at radius 1 is 0.879 bits per heavy atom. The molecule has 0 spiro atoms. The Morgan fingerprint density at radius 3 is 2.09 bits per heavy atom. The molecule has 0 atom stereocenters. The van der Waals surface area contributed by atoms with Crippen LogP contribution in [0.2, 0.25) is 0 Å². The lowest BCUT2D eigenvalue weighted by Crippen LogP contribution is -2.51. The van der Waals surface area contributed by atoms with Crippen molar-refractivity contribution in [3.8, 4) is 0 Å². The summed E-state index contributed by atoms with van der Waals surface area (Å²) in [4.78, 5) is 20.3. The average Bonchev–Trinajstić information content (AvgIpc) is 3.32. The highest BCUT2D eigenvalue weighted by molar-refractivity contribution is 5.74. The maximum atomic E-state index is 12.7. The zero-order valence-corrected chi connectivity index (χ0v) is 18.0. The third kappa shape index (κ3) is 6.32. The molecule has 1 N–H and O–H groups in total. The van der Waals surface area contributed by atoms with Gasteiger partial charge in [0.2, 0.25) is 0 Å². The molecular weight excluding hydrogens is 433 g/mol. The van der Waals surface area contributed by atoms with Crippen LogP contribution < -0.4 is 5.32 Å². The van der Waals surface area contributed by atoms with Gasteiger partial charge in [0.1, 0.15) is 12.7 Å². The van der Waals surface area contributed by atoms with Gasteiger partial charge in [0.25, 0.3) is 0 Å². The Kier molecular flexibility index (Phi) is 6.93. The Balaban J connectivity index is 1.19. The van der Waals surface area contributed by atoms with Crippen LogP contribution in [0.15, 0.2) is 61.2 Å². The molecule has 33 heavy (non-hydrogen) atoms. The van der Waals surface area contributed by atoms with Crippen molar-refractivity contribution >= 4 is 6.03 Å². The summed E-state index contributed by atoms with van der Waals surface area (Å²) in [5.74, 6) is 0. The fourth-order valence-electron chi connectivity index (χ4n) is 3.72. The number of piperazine rings is 1. The van der Waals surface area contributed by atoms with E-state index in [-0.39, 0.29) is 6.03 Å². The predicted molar refractivity (Wildman–Crippen MR) is 116 cm³/mol. The van der Waals surface area contributed by atoms with Gasteiger partial charge in [-0.05, 0) is 28.8 Å². The van der Waals surface area contributed by atoms with Crippen LogP contribution in [0, 0.1) is 0 Å². The lowest BCUT2D eigenvalue weighted by molar-refractivity contribution is -0.137. The third-order valence-electron chi connectivity index (χ3n) is 5.62. The van der Waals surface area contributed by atoms with Crippen molar-refractivity contribution in [2.24, 2.45) is 0 Å². The first-order chi connectivity index (χ1) is 15.9. The van der Waals surface area contributed by atoms with Gasteiger partial charge < -0.3 is 10.2 Å². The minimum atomic E-state index is -4.32. The molecule has 1 aromatic heterocycles. The van der Waals surface area contributed by atoms with Gasteiger partial charge in [0, 0.05) is 39.3 Å². The van der Waals surface area contributed by atoms with E-state index in [0.29, 0.717) is 45.8 Å². The van der Waals surface area contributed by atoms with E-state index in [1.54, 1.807) is 15.9 Å². The van der Waals surface area contributed by atoms with Crippen molar-refractivity contribution < 1.29 is 18.0 Å². The number of carbonyl (C=O) groups is 1. The number of amides is 2. The topological polar surface area (TPSA) is 66.3 Å². The Hall–Kier alpha value is -3.40. The number of benzene rings is 2. The number of urea groups is 1. The number of rotatable bonds is 6. The fourth-order valence-corrected chi connectivity index (χ4v) is 3.72. The molecule has 1 saturated heterocycles. The predicted octanol–water partition coefficient (Wildman–Crippen LogP) is 3.37. The summed E-state index contributed by atoms with van der Waals surface area (Å²) in [7, 11) is 0. The SMILES string of the molecule is O=C(NCc1ccc(Cn2cncn2)cc1)N1CCN(Cc2ccc(C(F)(F)F)cc2)CC1. The van der Waals surface area contributed by atoms with Crippen molar-refractivity contribution in [2.45, 2.75) is 25.8 Å². The number of carbonyl (C=O) groups excluding carboxylic acids is 1. The van der Waals surface area contributed by atoms with Crippen molar-refractivity contribution in [1.82, 2.24) is 29.9 Å². The van der Waals surface area contributed by atoms with Crippen molar-refractivity contribution in [3.05, 3.63) is 83.4 Å². The molecule has 2 amide bonds. The van der Waals surface area contributed by atoms with Crippen LogP contribution in [0.25, 0.3) is 0 Å². The van der Waals surface area contributed by atoms with Crippen LogP contribution in [-0.4, -0.2) is 56.8 Å². The van der Waals surface area contributed by atoms with E-state index in [9.17, 15) is 18.0 Å². The normalized spacial score (nSPS) is 14.9. The summed E-state index contributed by atoms with van der Waals surface area (Å²) < 4.78 is 39.8. The van der Waals surface area contributed by atoms with Crippen LogP contribution in [0.4, 0.5) is 18.0 Å². The van der Waals surface area contributed by atoms with E-state index in [2.05, 4.69) is 20.3 Å². The van der Waals surface area contributed by atoms with Crippen molar-refractivity contribution in [2.75, 3.05) is 26.2 Å². The molecule has 2 heterocycles. The Morgan fingerprint density at radius 2 is 1.48 bits per heavy atom. The third-order valence-corrected chi connectivity index (χ3v) is 5.62. The van der Waals surface area contributed by atoms with Gasteiger partial charge >= 0.3 is 12.2 Å². The van der Waals surface area contributed by atoms with Crippen molar-refractivity contribution in [3.63, 3.8) is 0 Å². The van der Waals surface area contributed by atoms with Gasteiger partial charge in [0.15, 0.2) is 0 Å². The van der Waals surface area contributed by atoms with E-state index in [0.717, 1.165) is 28.8 Å². The summed E-state index contributed by atoms with van der Waals surface area (Å²) in [5, 5.41) is 7.04. The average molecular weight is 458 g/mol. The van der Waals surface area contributed by atoms with Gasteiger partial charge in [0.05, 0.1) is 12.1 Å². The quantitative estimate of drug-likeness (QED) is 0.615. The second-order valence-corrected chi connectivity index (χ2v) is 8.03. The van der Waals surface area contributed by atoms with E-state index < -0.39 is 11.7 Å². The summed E-state index contributed by atoms with van der Waals surface area (Å²) in [6.45, 7) is 4.13.